The molecule has 4 rings (SSSR count). The summed E-state index contributed by atoms with van der Waals surface area (Å²) in [5, 5.41) is 33.8. The number of aryl methyl sites for hydroxylation is 1. The van der Waals surface area contributed by atoms with Crippen molar-refractivity contribution in [1.29, 1.82) is 0 Å². The molecule has 1 aliphatic heterocycles. The molecule has 2 aromatic carbocycles. The van der Waals surface area contributed by atoms with E-state index in [0.717, 1.165) is 5.57 Å². The third-order valence-corrected chi connectivity index (χ3v) is 6.73. The highest BCUT2D eigenvalue weighted by Gasteiger charge is 2.37. The molecule has 9 nitrogen and oxygen atoms in total. The average Bonchev–Trinajstić information content (AvgIpc) is 2.85. The smallest absolute Gasteiger partial charge is 0.364 e. The summed E-state index contributed by atoms with van der Waals surface area (Å²) in [5.41, 5.74) is 0.336. The second kappa shape index (κ2) is 10.5. The summed E-state index contributed by atoms with van der Waals surface area (Å²) in [6.45, 7) is 9.13. The number of ether oxygens (including phenoxy) is 2. The maximum absolute atomic E-state index is 12.9. The Kier molecular flexibility index (Phi) is 7.53. The first-order valence-electron chi connectivity index (χ1n) is 12.5. The Morgan fingerprint density at radius 1 is 1.18 bits per heavy atom. The lowest BCUT2D eigenvalue weighted by Gasteiger charge is -2.39. The number of carbonyl (C=O) groups is 1. The first-order valence-corrected chi connectivity index (χ1v) is 12.5. The van der Waals surface area contributed by atoms with E-state index in [-0.39, 0.29) is 28.0 Å². The van der Waals surface area contributed by atoms with Crippen LogP contribution in [-0.4, -0.2) is 39.2 Å². The number of aromatic hydroxyl groups is 2. The van der Waals surface area contributed by atoms with E-state index in [1.54, 1.807) is 26.8 Å². The molecule has 1 aliphatic rings. The molecule has 0 bridgehead atoms. The molecule has 1 unspecified atom stereocenters. The zero-order valence-electron chi connectivity index (χ0n) is 22.1. The molecule has 0 radical (unpaired) electrons. The van der Waals surface area contributed by atoms with Gasteiger partial charge in [0.15, 0.2) is 11.4 Å². The number of amides is 1. The SMILES string of the molecule is CC(C)=CCc1cc(C(=O)Nc2c(O)c3ccc(OC4CC[C@@H](O)C(C)(C)O4)c(C)c3oc2=O)ccc1O. The predicted molar refractivity (Wildman–Crippen MR) is 143 cm³/mol. The number of fused-ring (bicyclic) bond motifs is 1. The van der Waals surface area contributed by atoms with Gasteiger partial charge in [0.2, 0.25) is 6.29 Å². The van der Waals surface area contributed by atoms with Gasteiger partial charge in [0.05, 0.1) is 17.1 Å². The van der Waals surface area contributed by atoms with Crippen molar-refractivity contribution in [1.82, 2.24) is 0 Å². The zero-order chi connectivity index (χ0) is 27.8. The number of carbonyl (C=O) groups excluding carboxylic acids is 1. The van der Waals surface area contributed by atoms with Crippen molar-refractivity contribution in [3.63, 3.8) is 0 Å². The summed E-state index contributed by atoms with van der Waals surface area (Å²) < 4.78 is 17.4. The minimum absolute atomic E-state index is 0.0546. The standard InChI is InChI=1S/C29H33NO8/c1-15(2)6-7-17-14-18(8-10-20(17)31)27(34)30-24-25(33)19-9-11-21(16(3)26(19)37-28(24)35)36-23-13-12-22(32)29(4,5)38-23/h6,8-11,14,22-23,31-33H,7,12-13H2,1-5H3,(H,30,34)/t22-,23?/m1/s1. The van der Waals surface area contributed by atoms with Gasteiger partial charge in [-0.2, -0.15) is 0 Å². The first-order chi connectivity index (χ1) is 17.9. The van der Waals surface area contributed by atoms with Crippen molar-refractivity contribution in [2.24, 2.45) is 0 Å². The molecule has 1 fully saturated rings. The fourth-order valence-electron chi connectivity index (χ4n) is 4.34. The number of allylic oxidation sites excluding steroid dienone is 2. The largest absolute Gasteiger partial charge is 0.508 e. The summed E-state index contributed by atoms with van der Waals surface area (Å²) in [5.74, 6) is -0.608. The Morgan fingerprint density at radius 3 is 2.61 bits per heavy atom. The quantitative estimate of drug-likeness (QED) is 0.264. The van der Waals surface area contributed by atoms with E-state index in [9.17, 15) is 24.9 Å². The third-order valence-electron chi connectivity index (χ3n) is 6.73. The van der Waals surface area contributed by atoms with Crippen LogP contribution >= 0.6 is 0 Å². The van der Waals surface area contributed by atoms with Crippen LogP contribution in [0.3, 0.4) is 0 Å². The number of phenols is 1. The van der Waals surface area contributed by atoms with E-state index < -0.39 is 35.3 Å². The summed E-state index contributed by atoms with van der Waals surface area (Å²) >= 11 is 0. The van der Waals surface area contributed by atoms with E-state index in [1.165, 1.54) is 24.3 Å². The number of benzene rings is 2. The number of aliphatic hydroxyl groups is 1. The Hall–Kier alpha value is -3.82. The number of phenolic OH excluding ortho intramolecular Hbond substituents is 1. The van der Waals surface area contributed by atoms with Crippen molar-refractivity contribution in [2.45, 2.75) is 71.9 Å². The van der Waals surface area contributed by atoms with Crippen LogP contribution in [0.1, 0.15) is 62.0 Å². The zero-order valence-corrected chi connectivity index (χ0v) is 22.1. The molecular weight excluding hydrogens is 490 g/mol. The van der Waals surface area contributed by atoms with Gasteiger partial charge in [0.25, 0.3) is 5.91 Å². The second-order valence-corrected chi connectivity index (χ2v) is 10.3. The van der Waals surface area contributed by atoms with Gasteiger partial charge >= 0.3 is 5.63 Å². The molecule has 38 heavy (non-hydrogen) atoms. The third kappa shape index (κ3) is 5.54. The van der Waals surface area contributed by atoms with E-state index in [1.807, 2.05) is 19.9 Å². The number of hydrogen-bond donors (Lipinski definition) is 4. The maximum Gasteiger partial charge on any atom is 0.364 e. The Balaban J connectivity index is 1.60. The van der Waals surface area contributed by atoms with Crippen LogP contribution in [0, 0.1) is 6.92 Å². The highest BCUT2D eigenvalue weighted by Crippen LogP contribution is 2.37. The van der Waals surface area contributed by atoms with Gasteiger partial charge in [-0.1, -0.05) is 11.6 Å². The van der Waals surface area contributed by atoms with Crippen molar-refractivity contribution in [3.05, 3.63) is 69.1 Å². The normalized spacial score (nSPS) is 18.7. The lowest BCUT2D eigenvalue weighted by atomic mass is 9.94. The lowest BCUT2D eigenvalue weighted by Crippen LogP contribution is -2.48. The predicted octanol–water partition coefficient (Wildman–Crippen LogP) is 4.93. The van der Waals surface area contributed by atoms with Gasteiger partial charge in [-0.05, 0) is 83.4 Å². The first kappa shape index (κ1) is 27.2. The van der Waals surface area contributed by atoms with E-state index in [4.69, 9.17) is 13.9 Å². The minimum atomic E-state index is -0.926. The van der Waals surface area contributed by atoms with Crippen LogP contribution in [0.15, 0.2) is 51.2 Å². The highest BCUT2D eigenvalue weighted by molar-refractivity contribution is 6.06. The molecule has 1 saturated heterocycles. The van der Waals surface area contributed by atoms with Crippen molar-refractivity contribution in [3.8, 4) is 17.2 Å². The Labute approximate surface area is 220 Å². The summed E-state index contributed by atoms with van der Waals surface area (Å²) in [6, 6.07) is 7.53. The molecule has 3 aromatic rings. The number of aliphatic hydroxyl groups excluding tert-OH is 1. The molecule has 1 aromatic heterocycles. The lowest BCUT2D eigenvalue weighted by molar-refractivity contribution is -0.227. The molecule has 202 valence electrons. The van der Waals surface area contributed by atoms with E-state index in [0.29, 0.717) is 36.1 Å². The van der Waals surface area contributed by atoms with Gasteiger partial charge in [0, 0.05) is 17.5 Å². The minimum Gasteiger partial charge on any atom is -0.508 e. The molecule has 1 amide bonds. The molecule has 4 N–H and O–H groups in total. The van der Waals surface area contributed by atoms with Gasteiger partial charge in [-0.25, -0.2) is 4.79 Å². The van der Waals surface area contributed by atoms with Crippen molar-refractivity contribution in [2.75, 3.05) is 5.32 Å². The summed E-state index contributed by atoms with van der Waals surface area (Å²) in [6.07, 6.45) is 2.15. The molecule has 0 spiro atoms. The summed E-state index contributed by atoms with van der Waals surface area (Å²) in [7, 11) is 0. The fraction of sp³-hybridized carbons (Fsp3) is 0.379. The highest BCUT2D eigenvalue weighted by atomic mass is 16.7. The van der Waals surface area contributed by atoms with Gasteiger partial charge in [0.1, 0.15) is 17.1 Å². The van der Waals surface area contributed by atoms with Crippen LogP contribution < -0.4 is 15.7 Å². The van der Waals surface area contributed by atoms with Crippen LogP contribution in [0.2, 0.25) is 0 Å². The van der Waals surface area contributed by atoms with E-state index in [2.05, 4.69) is 5.32 Å². The Morgan fingerprint density at radius 2 is 1.92 bits per heavy atom. The average molecular weight is 524 g/mol. The second-order valence-electron chi connectivity index (χ2n) is 10.3. The van der Waals surface area contributed by atoms with Crippen LogP contribution in [-0.2, 0) is 11.2 Å². The van der Waals surface area contributed by atoms with Crippen LogP contribution in [0.4, 0.5) is 5.69 Å². The number of nitrogens with one attached hydrogen (secondary N) is 1. The van der Waals surface area contributed by atoms with Gasteiger partial charge in [-0.15, -0.1) is 0 Å². The summed E-state index contributed by atoms with van der Waals surface area (Å²) in [4.78, 5) is 25.7. The molecular formula is C29H33NO8. The maximum atomic E-state index is 12.9. The molecule has 2 heterocycles. The monoisotopic (exact) mass is 523 g/mol. The van der Waals surface area contributed by atoms with Gasteiger partial charge < -0.3 is 34.5 Å². The number of anilines is 1. The Bertz CT molecular complexity index is 1470. The molecule has 0 saturated carbocycles. The fourth-order valence-corrected chi connectivity index (χ4v) is 4.34. The van der Waals surface area contributed by atoms with Crippen LogP contribution in [0.25, 0.3) is 11.0 Å². The molecule has 0 aliphatic carbocycles. The molecule has 9 heteroatoms. The van der Waals surface area contributed by atoms with Crippen LogP contribution in [0.5, 0.6) is 17.2 Å². The number of hydrogen-bond acceptors (Lipinski definition) is 8. The molecule has 2 atom stereocenters. The number of rotatable bonds is 6. The van der Waals surface area contributed by atoms with E-state index >= 15 is 0 Å². The van der Waals surface area contributed by atoms with Crippen molar-refractivity contribution < 1.29 is 34.0 Å². The van der Waals surface area contributed by atoms with Gasteiger partial charge in [-0.3, -0.25) is 4.79 Å². The topological polar surface area (TPSA) is 138 Å². The van der Waals surface area contributed by atoms with Crippen molar-refractivity contribution >= 4 is 22.6 Å².